The second-order valence-corrected chi connectivity index (χ2v) is 23.7. The van der Waals surface area contributed by atoms with E-state index in [1.54, 1.807) is 0 Å². The Labute approximate surface area is 548 Å². The molecule has 0 fully saturated rings. The number of rotatable bonds is 13. The largest absolute Gasteiger partial charge is 0.311 e. The van der Waals surface area contributed by atoms with Crippen LogP contribution in [0.4, 0.5) is 34.1 Å². The van der Waals surface area contributed by atoms with Gasteiger partial charge in [-0.3, -0.25) is 0 Å². The van der Waals surface area contributed by atoms with Gasteiger partial charge in [-0.05, 0) is 171 Å². The maximum atomic E-state index is 2.38. The van der Waals surface area contributed by atoms with Crippen molar-refractivity contribution < 1.29 is 0 Å². The zero-order valence-corrected chi connectivity index (χ0v) is 51.7. The first-order valence-corrected chi connectivity index (χ1v) is 32.1. The number of nitrogens with zero attached hydrogens (tertiary/aromatic N) is 4. The minimum atomic E-state index is 1.09. The number of benzene rings is 15. The smallest absolute Gasteiger partial charge is 0.0541 e. The van der Waals surface area contributed by atoms with Crippen molar-refractivity contribution in [3.05, 3.63) is 388 Å². The SMILES string of the molecule is c1cc(-n2c3ccccc3c3ccccc32)cc(-n2c3ccccc3c3ccccc32)c1.c1ccc(-c2ccc(N(c3ccc(-c4ccccc4)cc3)c3ccc(-c4ccc(N(c5ccc(-c6ccccc6)cc5)c5ccc(-c6ccccc6)cc5)cc4)cc3)cc2)cc1. The van der Waals surface area contributed by atoms with E-state index in [9.17, 15) is 0 Å². The molecule has 0 aliphatic rings. The molecule has 2 aromatic heterocycles. The minimum Gasteiger partial charge on any atom is -0.311 e. The number of fused-ring (bicyclic) bond motifs is 6. The summed E-state index contributed by atoms with van der Waals surface area (Å²) in [4.78, 5) is 4.67. The van der Waals surface area contributed by atoms with E-state index in [0.717, 1.165) is 45.3 Å². The molecule has 0 aliphatic carbocycles. The number of aromatic nitrogens is 2. The van der Waals surface area contributed by atoms with Crippen molar-refractivity contribution in [2.24, 2.45) is 0 Å². The van der Waals surface area contributed by atoms with Crippen molar-refractivity contribution in [1.82, 2.24) is 9.13 Å². The Morgan fingerprint density at radius 3 is 0.543 bits per heavy atom. The number of para-hydroxylation sites is 4. The number of hydrogen-bond acceptors (Lipinski definition) is 2. The minimum absolute atomic E-state index is 1.09. The fraction of sp³-hybridized carbons (Fsp3) is 0. The van der Waals surface area contributed by atoms with E-state index < -0.39 is 0 Å². The summed E-state index contributed by atoms with van der Waals surface area (Å²) >= 11 is 0. The van der Waals surface area contributed by atoms with E-state index in [2.05, 4.69) is 407 Å². The van der Waals surface area contributed by atoms with Gasteiger partial charge in [0, 0.05) is 67.0 Å². The maximum Gasteiger partial charge on any atom is 0.0541 e. The normalized spacial score (nSPS) is 11.2. The topological polar surface area (TPSA) is 16.3 Å². The molecule has 0 saturated heterocycles. The molecule has 0 bridgehead atoms. The highest BCUT2D eigenvalue weighted by molar-refractivity contribution is 6.10. The molecule has 15 aromatic carbocycles. The second-order valence-electron chi connectivity index (χ2n) is 23.7. The van der Waals surface area contributed by atoms with Gasteiger partial charge in [0.1, 0.15) is 0 Å². The summed E-state index contributed by atoms with van der Waals surface area (Å²) in [5.41, 5.74) is 25.8. The van der Waals surface area contributed by atoms with E-state index in [1.807, 2.05) is 0 Å². The summed E-state index contributed by atoms with van der Waals surface area (Å²) in [5, 5.41) is 5.13. The van der Waals surface area contributed by atoms with Crippen LogP contribution in [0.25, 0.3) is 111 Å². The van der Waals surface area contributed by atoms with Crippen LogP contribution in [0.3, 0.4) is 0 Å². The maximum absolute atomic E-state index is 2.38. The van der Waals surface area contributed by atoms with Crippen LogP contribution in [-0.2, 0) is 0 Å². The highest BCUT2D eigenvalue weighted by Crippen LogP contribution is 2.42. The summed E-state index contributed by atoms with van der Waals surface area (Å²) in [6.45, 7) is 0. The first-order chi connectivity index (χ1) is 46.6. The third-order valence-corrected chi connectivity index (χ3v) is 18.0. The van der Waals surface area contributed by atoms with E-state index in [1.165, 1.54) is 99.5 Å². The average molecular weight is 1200 g/mol. The standard InChI is InChI=1S/C60H44N2.C30H20N2/c1-5-13-45(14-6-1)49-21-33-55(34-22-49)61(56-35-23-50(24-36-56)46-15-7-2-8-16-46)59-41-29-53(30-42-59)54-31-43-60(44-32-54)62(57-37-25-51(26-38-57)47-17-9-3-10-18-47)58-39-27-52(28-40-58)48-19-11-4-12-20-48;1-5-16-27-23(12-1)24-13-2-6-17-28(24)31(27)21-10-9-11-22(20-21)32-29-18-7-3-14-25(29)26-15-4-8-19-30(26)32/h1-44H;1-20H. The molecule has 0 radical (unpaired) electrons. The molecule has 0 N–H and O–H groups in total. The molecule has 4 nitrogen and oxygen atoms in total. The van der Waals surface area contributed by atoms with Gasteiger partial charge >= 0.3 is 0 Å². The summed E-state index contributed by atoms with van der Waals surface area (Å²) in [7, 11) is 0. The molecule has 4 heteroatoms. The van der Waals surface area contributed by atoms with Crippen molar-refractivity contribution in [2.45, 2.75) is 0 Å². The van der Waals surface area contributed by atoms with Crippen LogP contribution in [0.15, 0.2) is 388 Å². The van der Waals surface area contributed by atoms with Crippen LogP contribution in [0.1, 0.15) is 0 Å². The van der Waals surface area contributed by atoms with Crippen molar-refractivity contribution in [3.63, 3.8) is 0 Å². The molecule has 0 unspecified atom stereocenters. The van der Waals surface area contributed by atoms with Gasteiger partial charge in [-0.2, -0.15) is 0 Å². The van der Waals surface area contributed by atoms with Gasteiger partial charge in [0.25, 0.3) is 0 Å². The predicted molar refractivity (Wildman–Crippen MR) is 398 cm³/mol. The van der Waals surface area contributed by atoms with Crippen LogP contribution in [0.2, 0.25) is 0 Å². The summed E-state index contributed by atoms with van der Waals surface area (Å²) in [6, 6.07) is 139. The third kappa shape index (κ3) is 11.2. The van der Waals surface area contributed by atoms with Crippen LogP contribution in [0.5, 0.6) is 0 Å². The Bertz CT molecular complexity index is 4800. The van der Waals surface area contributed by atoms with Gasteiger partial charge in [0.05, 0.1) is 22.1 Å². The number of hydrogen-bond donors (Lipinski definition) is 0. The highest BCUT2D eigenvalue weighted by Gasteiger charge is 2.19. The summed E-state index contributed by atoms with van der Waals surface area (Å²) < 4.78 is 4.75. The molecule has 0 amide bonds. The molecule has 2 heterocycles. The van der Waals surface area contributed by atoms with E-state index >= 15 is 0 Å². The van der Waals surface area contributed by atoms with Crippen molar-refractivity contribution in [1.29, 1.82) is 0 Å². The monoisotopic (exact) mass is 1200 g/mol. The molecule has 94 heavy (non-hydrogen) atoms. The van der Waals surface area contributed by atoms with Gasteiger partial charge in [-0.25, -0.2) is 0 Å². The summed E-state index contributed by atoms with van der Waals surface area (Å²) in [6.07, 6.45) is 0. The Morgan fingerprint density at radius 2 is 0.330 bits per heavy atom. The van der Waals surface area contributed by atoms with Gasteiger partial charge in [-0.1, -0.05) is 273 Å². The Hall–Kier alpha value is -12.5. The molecular weight excluding hydrogens is 1140 g/mol. The van der Waals surface area contributed by atoms with Gasteiger partial charge in [0.15, 0.2) is 0 Å². The lowest BCUT2D eigenvalue weighted by Gasteiger charge is -2.27. The second kappa shape index (κ2) is 25.4. The van der Waals surface area contributed by atoms with E-state index in [-0.39, 0.29) is 0 Å². The van der Waals surface area contributed by atoms with Crippen molar-refractivity contribution in [3.8, 4) is 67.0 Å². The molecule has 0 spiro atoms. The molecule has 17 aromatic rings. The lowest BCUT2D eigenvalue weighted by molar-refractivity contribution is 1.13. The van der Waals surface area contributed by atoms with E-state index in [0.29, 0.717) is 0 Å². The fourth-order valence-corrected chi connectivity index (χ4v) is 13.4. The highest BCUT2D eigenvalue weighted by atomic mass is 15.1. The van der Waals surface area contributed by atoms with Crippen molar-refractivity contribution >= 4 is 77.7 Å². The molecule has 444 valence electrons. The molecule has 0 saturated carbocycles. The van der Waals surface area contributed by atoms with Gasteiger partial charge in [0.2, 0.25) is 0 Å². The third-order valence-electron chi connectivity index (χ3n) is 18.0. The number of anilines is 6. The van der Waals surface area contributed by atoms with Crippen molar-refractivity contribution in [2.75, 3.05) is 9.80 Å². The van der Waals surface area contributed by atoms with Gasteiger partial charge in [-0.15, -0.1) is 0 Å². The van der Waals surface area contributed by atoms with E-state index in [4.69, 9.17) is 0 Å². The predicted octanol–water partition coefficient (Wildman–Crippen LogP) is 24.8. The van der Waals surface area contributed by atoms with Gasteiger partial charge < -0.3 is 18.9 Å². The average Bonchev–Trinajstić information content (AvgIpc) is 1.62. The molecule has 0 atom stereocenters. The zero-order valence-electron chi connectivity index (χ0n) is 51.7. The van der Waals surface area contributed by atoms with Crippen LogP contribution in [0, 0.1) is 0 Å². The lowest BCUT2D eigenvalue weighted by Crippen LogP contribution is -2.10. The van der Waals surface area contributed by atoms with Crippen LogP contribution in [-0.4, -0.2) is 9.13 Å². The summed E-state index contributed by atoms with van der Waals surface area (Å²) in [5.74, 6) is 0. The molecule has 0 aliphatic heterocycles. The first-order valence-electron chi connectivity index (χ1n) is 32.1. The molecule has 17 rings (SSSR count). The lowest BCUT2D eigenvalue weighted by atomic mass is 10.0. The van der Waals surface area contributed by atoms with Crippen LogP contribution < -0.4 is 9.80 Å². The Kier molecular flexibility index (Phi) is 15.3. The van der Waals surface area contributed by atoms with Crippen LogP contribution >= 0.6 is 0 Å². The Morgan fingerprint density at radius 1 is 0.149 bits per heavy atom. The zero-order chi connectivity index (χ0) is 62.6. The fourth-order valence-electron chi connectivity index (χ4n) is 13.4. The molecular formula is C90H64N4. The Balaban J connectivity index is 0.000000182. The first kappa shape index (κ1) is 56.7. The quantitative estimate of drug-likeness (QED) is 0.114.